The van der Waals surface area contributed by atoms with Crippen molar-refractivity contribution in [2.24, 2.45) is 0 Å². The van der Waals surface area contributed by atoms with Crippen molar-refractivity contribution in [3.05, 3.63) is 305 Å². The Kier molecular flexibility index (Phi) is 8.76. The van der Waals surface area contributed by atoms with Gasteiger partial charge in [-0.15, -0.1) is 0 Å². The number of nitrogens with zero attached hydrogens (tertiary/aromatic N) is 1. The van der Waals surface area contributed by atoms with Crippen LogP contribution in [0.5, 0.6) is 0 Å². The van der Waals surface area contributed by atoms with Crippen molar-refractivity contribution in [1.82, 2.24) is 0 Å². The first-order valence-corrected chi connectivity index (χ1v) is 24.4. The van der Waals surface area contributed by atoms with E-state index in [4.69, 9.17) is 0 Å². The Hall–Kier alpha value is -8.52. The molecule has 0 aliphatic heterocycles. The summed E-state index contributed by atoms with van der Waals surface area (Å²) in [5, 5.41) is 2.65. The van der Waals surface area contributed by atoms with Crippen molar-refractivity contribution < 1.29 is 0 Å². The summed E-state index contributed by atoms with van der Waals surface area (Å²) in [7, 11) is 0. The topological polar surface area (TPSA) is 3.24 Å². The van der Waals surface area contributed by atoms with Gasteiger partial charge in [0.25, 0.3) is 0 Å². The lowest BCUT2D eigenvalue weighted by atomic mass is 9.60. The molecule has 69 heavy (non-hydrogen) atoms. The molecule has 324 valence electrons. The number of para-hydroxylation sites is 1. The van der Waals surface area contributed by atoms with Crippen LogP contribution in [0.15, 0.2) is 255 Å². The molecule has 11 aromatic rings. The van der Waals surface area contributed by atoms with Crippen LogP contribution in [0.3, 0.4) is 0 Å². The Bertz CT molecular complexity index is 3790. The molecule has 14 rings (SSSR count). The van der Waals surface area contributed by atoms with Crippen molar-refractivity contribution >= 4 is 27.8 Å². The summed E-state index contributed by atoms with van der Waals surface area (Å²) in [6, 6.07) is 95.9. The number of rotatable bonds is 7. The molecule has 0 saturated heterocycles. The van der Waals surface area contributed by atoms with Crippen LogP contribution in [0, 0.1) is 0 Å². The first-order valence-electron chi connectivity index (χ1n) is 24.4. The number of anilines is 3. The number of benzene rings is 11. The van der Waals surface area contributed by atoms with Crippen LogP contribution in [0.25, 0.3) is 55.3 Å². The molecule has 0 aromatic heterocycles. The van der Waals surface area contributed by atoms with Crippen molar-refractivity contribution in [2.45, 2.75) is 24.2 Å². The molecule has 1 spiro atoms. The van der Waals surface area contributed by atoms with Gasteiger partial charge >= 0.3 is 0 Å². The lowest BCUT2D eigenvalue weighted by Gasteiger charge is -2.41. The maximum atomic E-state index is 2.56. The largest absolute Gasteiger partial charge is 0.310 e. The predicted octanol–water partition coefficient (Wildman–Crippen LogP) is 17.2. The summed E-state index contributed by atoms with van der Waals surface area (Å²) in [5.41, 5.74) is 24.4. The lowest BCUT2D eigenvalue weighted by Crippen LogP contribution is -2.33. The minimum absolute atomic E-state index is 0.492. The molecule has 0 N–H and O–H groups in total. The standard InChI is InChI=1S/C68H47N/c1-2-45-37-38-47-23-20-32-57-54-30-13-18-35-61(54)68(66(45)65(47)57)60-34-17-12-29-53(60)56-41-39-51(44-63(56)68)69(64-36-19-15-28-52(64)46-21-6-3-7-22-46)50-40-42-62-58(43-50)55-31-14-16-33-59(55)67(62,48-24-8-4-9-25-48)49-26-10-5-11-27-49/h3-44H,2H2,1H3. The summed E-state index contributed by atoms with van der Waals surface area (Å²) < 4.78 is 0. The average molecular weight is 878 g/mol. The molecule has 0 saturated carbocycles. The third-order valence-corrected chi connectivity index (χ3v) is 15.7. The molecule has 1 unspecified atom stereocenters. The fraction of sp³-hybridized carbons (Fsp3) is 0.0588. The zero-order valence-corrected chi connectivity index (χ0v) is 38.4. The molecular formula is C68H47N. The second kappa shape index (κ2) is 15.3. The zero-order valence-electron chi connectivity index (χ0n) is 38.4. The molecule has 11 aromatic carbocycles. The Labute approximate surface area is 404 Å². The minimum atomic E-state index is -0.551. The highest BCUT2D eigenvalue weighted by atomic mass is 15.1. The molecule has 1 atom stereocenters. The molecule has 0 radical (unpaired) electrons. The minimum Gasteiger partial charge on any atom is -0.310 e. The maximum absolute atomic E-state index is 2.56. The number of hydrogen-bond acceptors (Lipinski definition) is 1. The summed E-state index contributed by atoms with van der Waals surface area (Å²) in [6.45, 7) is 2.32. The molecule has 0 amide bonds. The fourth-order valence-electron chi connectivity index (χ4n) is 13.0. The Morgan fingerprint density at radius 3 is 1.49 bits per heavy atom. The summed E-state index contributed by atoms with van der Waals surface area (Å²) in [6.07, 6.45) is 0.932. The van der Waals surface area contributed by atoms with Crippen LogP contribution in [-0.4, -0.2) is 0 Å². The first kappa shape index (κ1) is 39.6. The third kappa shape index (κ3) is 5.42. The van der Waals surface area contributed by atoms with E-state index in [1.54, 1.807) is 0 Å². The van der Waals surface area contributed by atoms with Gasteiger partial charge in [0.1, 0.15) is 0 Å². The van der Waals surface area contributed by atoms with Crippen LogP contribution in [0.2, 0.25) is 0 Å². The lowest BCUT2D eigenvalue weighted by molar-refractivity contribution is 0.759. The van der Waals surface area contributed by atoms with Crippen LogP contribution in [0.4, 0.5) is 17.1 Å². The second-order valence-corrected chi connectivity index (χ2v) is 18.9. The van der Waals surface area contributed by atoms with Gasteiger partial charge in [0.2, 0.25) is 0 Å². The number of aryl methyl sites for hydroxylation is 1. The van der Waals surface area contributed by atoms with Gasteiger partial charge in [0.05, 0.1) is 16.5 Å². The molecule has 0 bridgehead atoms. The van der Waals surface area contributed by atoms with Crippen molar-refractivity contribution in [1.29, 1.82) is 0 Å². The van der Waals surface area contributed by atoms with Crippen LogP contribution >= 0.6 is 0 Å². The van der Waals surface area contributed by atoms with Gasteiger partial charge < -0.3 is 4.90 Å². The Morgan fingerprint density at radius 2 is 0.826 bits per heavy atom. The van der Waals surface area contributed by atoms with E-state index >= 15 is 0 Å². The van der Waals surface area contributed by atoms with Gasteiger partial charge in [-0.3, -0.25) is 0 Å². The highest BCUT2D eigenvalue weighted by Crippen LogP contribution is 2.64. The Morgan fingerprint density at radius 1 is 0.333 bits per heavy atom. The molecule has 3 aliphatic carbocycles. The van der Waals surface area contributed by atoms with Gasteiger partial charge in [-0.2, -0.15) is 0 Å². The highest BCUT2D eigenvalue weighted by Gasteiger charge is 2.51. The SMILES string of the molecule is CCc1ccc2cccc3c2c1C1(c2ccccc2-c2ccc(N(c4ccc5c(c4)-c4ccccc4C5(c4ccccc4)c4ccccc4)c4ccccc4-c4ccccc4)cc21)c1ccccc1-3. The molecule has 1 nitrogen and oxygen atoms in total. The van der Waals surface area contributed by atoms with Gasteiger partial charge in [0, 0.05) is 16.9 Å². The van der Waals surface area contributed by atoms with Crippen molar-refractivity contribution in [3.63, 3.8) is 0 Å². The maximum Gasteiger partial charge on any atom is 0.0729 e. The monoisotopic (exact) mass is 877 g/mol. The molecule has 1 heteroatoms. The Balaban J connectivity index is 1.07. The van der Waals surface area contributed by atoms with E-state index in [9.17, 15) is 0 Å². The van der Waals surface area contributed by atoms with Crippen molar-refractivity contribution in [2.75, 3.05) is 4.90 Å². The van der Waals surface area contributed by atoms with E-state index in [-0.39, 0.29) is 0 Å². The summed E-state index contributed by atoms with van der Waals surface area (Å²) in [5.74, 6) is 0. The normalized spacial score (nSPS) is 15.3. The van der Waals surface area contributed by atoms with Crippen LogP contribution in [0.1, 0.15) is 57.0 Å². The second-order valence-electron chi connectivity index (χ2n) is 18.9. The average Bonchev–Trinajstić information content (AvgIpc) is 3.88. The van der Waals surface area contributed by atoms with Crippen LogP contribution < -0.4 is 4.90 Å². The highest BCUT2D eigenvalue weighted by molar-refractivity contribution is 6.08. The van der Waals surface area contributed by atoms with Gasteiger partial charge in [-0.25, -0.2) is 0 Å². The van der Waals surface area contributed by atoms with Gasteiger partial charge in [-0.05, 0) is 137 Å². The van der Waals surface area contributed by atoms with E-state index in [2.05, 4.69) is 267 Å². The smallest absolute Gasteiger partial charge is 0.0729 e. The number of fused-ring (bicyclic) bond motifs is 12. The van der Waals surface area contributed by atoms with Gasteiger partial charge in [-0.1, -0.05) is 231 Å². The van der Waals surface area contributed by atoms with E-state index in [0.29, 0.717) is 0 Å². The van der Waals surface area contributed by atoms with Crippen LogP contribution in [-0.2, 0) is 17.3 Å². The molecule has 3 aliphatic rings. The van der Waals surface area contributed by atoms with E-state index in [0.717, 1.165) is 23.5 Å². The van der Waals surface area contributed by atoms with E-state index in [1.165, 1.54) is 105 Å². The fourth-order valence-corrected chi connectivity index (χ4v) is 13.0. The summed E-state index contributed by atoms with van der Waals surface area (Å²) in [4.78, 5) is 2.54. The zero-order chi connectivity index (χ0) is 45.7. The van der Waals surface area contributed by atoms with E-state index < -0.39 is 10.8 Å². The van der Waals surface area contributed by atoms with E-state index in [1.807, 2.05) is 0 Å². The third-order valence-electron chi connectivity index (χ3n) is 15.7. The first-order chi connectivity index (χ1) is 34.2. The molecular weight excluding hydrogens is 831 g/mol. The summed E-state index contributed by atoms with van der Waals surface area (Å²) >= 11 is 0. The quantitative estimate of drug-likeness (QED) is 0.154. The van der Waals surface area contributed by atoms with Gasteiger partial charge in [0.15, 0.2) is 0 Å². The molecule has 0 heterocycles. The predicted molar refractivity (Wildman–Crippen MR) is 287 cm³/mol. The molecule has 0 fully saturated rings. The van der Waals surface area contributed by atoms with Crippen molar-refractivity contribution in [3.8, 4) is 44.5 Å². The number of hydrogen-bond donors (Lipinski definition) is 0.